The second-order valence-corrected chi connectivity index (χ2v) is 11.6. The van der Waals surface area contributed by atoms with Gasteiger partial charge >= 0.3 is 0 Å². The molecule has 2 amide bonds. The third kappa shape index (κ3) is 4.76. The Morgan fingerprint density at radius 1 is 0.829 bits per heavy atom. The van der Waals surface area contributed by atoms with Crippen molar-refractivity contribution < 1.29 is 14.3 Å². The molecule has 0 saturated carbocycles. The van der Waals surface area contributed by atoms with Crippen LogP contribution in [0.1, 0.15) is 44.4 Å². The van der Waals surface area contributed by atoms with Gasteiger partial charge in [0, 0.05) is 20.3 Å². The molecule has 2 heterocycles. The first-order chi connectivity index (χ1) is 16.4. The van der Waals surface area contributed by atoms with E-state index in [9.17, 15) is 9.59 Å². The fourth-order valence-electron chi connectivity index (χ4n) is 4.45. The van der Waals surface area contributed by atoms with Crippen LogP contribution < -0.4 is 15.0 Å². The molecule has 35 heavy (non-hydrogen) atoms. The van der Waals surface area contributed by atoms with Crippen LogP contribution in [0.4, 0.5) is 11.4 Å². The van der Waals surface area contributed by atoms with E-state index >= 15 is 0 Å². The molecule has 0 bridgehead atoms. The molecule has 0 fully saturated rings. The predicted octanol–water partition coefficient (Wildman–Crippen LogP) is 6.96. The van der Waals surface area contributed by atoms with Crippen LogP contribution in [-0.2, 0) is 27.0 Å². The van der Waals surface area contributed by atoms with Crippen molar-refractivity contribution in [2.24, 2.45) is 0 Å². The van der Waals surface area contributed by atoms with E-state index in [2.05, 4.69) is 37.2 Å². The van der Waals surface area contributed by atoms with Gasteiger partial charge in [-0.2, -0.15) is 0 Å². The van der Waals surface area contributed by atoms with Gasteiger partial charge in [0.25, 0.3) is 0 Å². The van der Waals surface area contributed by atoms with Gasteiger partial charge < -0.3 is 15.0 Å². The summed E-state index contributed by atoms with van der Waals surface area (Å²) in [4.78, 5) is 26.2. The Balaban J connectivity index is 0.000000189. The molecule has 0 radical (unpaired) electrons. The summed E-state index contributed by atoms with van der Waals surface area (Å²) in [5, 5.41) is 2.86. The zero-order valence-electron chi connectivity index (χ0n) is 20.4. The maximum atomic E-state index is 12.8. The lowest BCUT2D eigenvalue weighted by Gasteiger charge is -2.20. The molecule has 0 spiro atoms. The van der Waals surface area contributed by atoms with E-state index in [4.69, 9.17) is 4.74 Å². The summed E-state index contributed by atoms with van der Waals surface area (Å²) >= 11 is 6.87. The predicted molar refractivity (Wildman–Crippen MR) is 147 cm³/mol. The van der Waals surface area contributed by atoms with E-state index in [1.165, 1.54) is 0 Å². The first-order valence-corrected chi connectivity index (χ1v) is 12.9. The number of anilines is 2. The normalized spacial score (nSPS) is 16.7. The number of halogens is 2. The highest BCUT2D eigenvalue weighted by atomic mass is 79.9. The molecule has 182 valence electrons. The lowest BCUT2D eigenvalue weighted by Crippen LogP contribution is -2.35. The van der Waals surface area contributed by atoms with E-state index in [1.54, 1.807) is 7.11 Å². The van der Waals surface area contributed by atoms with Gasteiger partial charge in [-0.15, -0.1) is 0 Å². The SMILES string of the molecule is CC1(C)C(=O)Nc2cc(Br)ccc21.COc1ccc(CN2C(=O)C(C)(C)c3ccc(Br)cc32)cc1. The van der Waals surface area contributed by atoms with Gasteiger partial charge in [-0.3, -0.25) is 9.59 Å². The van der Waals surface area contributed by atoms with Crippen molar-refractivity contribution in [3.63, 3.8) is 0 Å². The van der Waals surface area contributed by atoms with Crippen molar-refractivity contribution in [3.8, 4) is 5.75 Å². The average Bonchev–Trinajstić information content (AvgIpc) is 3.14. The van der Waals surface area contributed by atoms with Crippen LogP contribution in [0.15, 0.2) is 69.6 Å². The first-order valence-electron chi connectivity index (χ1n) is 11.3. The minimum Gasteiger partial charge on any atom is -0.497 e. The number of hydrogen-bond donors (Lipinski definition) is 1. The van der Waals surface area contributed by atoms with Crippen molar-refractivity contribution in [1.29, 1.82) is 0 Å². The number of ether oxygens (including phenoxy) is 1. The van der Waals surface area contributed by atoms with Gasteiger partial charge in [-0.1, -0.05) is 56.1 Å². The lowest BCUT2D eigenvalue weighted by molar-refractivity contribution is -0.122. The molecule has 5 rings (SSSR count). The number of rotatable bonds is 3. The second-order valence-electron chi connectivity index (χ2n) is 9.79. The summed E-state index contributed by atoms with van der Waals surface area (Å²) in [5.41, 5.74) is 4.26. The number of fused-ring (bicyclic) bond motifs is 2. The molecule has 1 N–H and O–H groups in total. The summed E-state index contributed by atoms with van der Waals surface area (Å²) in [6.45, 7) is 8.39. The summed E-state index contributed by atoms with van der Waals surface area (Å²) in [6.07, 6.45) is 0. The van der Waals surface area contributed by atoms with Crippen LogP contribution in [0.2, 0.25) is 0 Å². The van der Waals surface area contributed by atoms with Crippen LogP contribution >= 0.6 is 31.9 Å². The van der Waals surface area contributed by atoms with Crippen molar-refractivity contribution in [3.05, 3.63) is 86.3 Å². The van der Waals surface area contributed by atoms with Crippen LogP contribution in [0, 0.1) is 0 Å². The Bertz CT molecular complexity index is 1300. The Hall–Kier alpha value is -2.64. The highest BCUT2D eigenvalue weighted by Gasteiger charge is 2.43. The van der Waals surface area contributed by atoms with Crippen LogP contribution in [-0.4, -0.2) is 18.9 Å². The highest BCUT2D eigenvalue weighted by Crippen LogP contribution is 2.43. The van der Waals surface area contributed by atoms with Crippen LogP contribution in [0.3, 0.4) is 0 Å². The molecule has 3 aromatic rings. The third-order valence-corrected chi connectivity index (χ3v) is 7.66. The Morgan fingerprint density at radius 2 is 1.43 bits per heavy atom. The molecule has 0 atom stereocenters. The fourth-order valence-corrected chi connectivity index (χ4v) is 5.16. The smallest absolute Gasteiger partial charge is 0.237 e. The number of nitrogens with zero attached hydrogens (tertiary/aromatic N) is 1. The number of hydrogen-bond acceptors (Lipinski definition) is 3. The topological polar surface area (TPSA) is 58.6 Å². The maximum absolute atomic E-state index is 12.8. The minimum absolute atomic E-state index is 0.0700. The van der Waals surface area contributed by atoms with Gasteiger partial charge in [0.1, 0.15) is 5.75 Å². The lowest BCUT2D eigenvalue weighted by atomic mass is 9.86. The van der Waals surface area contributed by atoms with Gasteiger partial charge in [-0.05, 0) is 80.8 Å². The van der Waals surface area contributed by atoms with Gasteiger partial charge in [0.15, 0.2) is 0 Å². The zero-order chi connectivity index (χ0) is 25.5. The third-order valence-electron chi connectivity index (χ3n) is 6.67. The number of carbonyl (C=O) groups is 2. The summed E-state index contributed by atoms with van der Waals surface area (Å²) in [7, 11) is 1.65. The zero-order valence-corrected chi connectivity index (χ0v) is 23.6. The van der Waals surface area contributed by atoms with Crippen molar-refractivity contribution in [2.45, 2.75) is 45.1 Å². The van der Waals surface area contributed by atoms with Gasteiger partial charge in [0.2, 0.25) is 11.8 Å². The number of benzene rings is 3. The Morgan fingerprint density at radius 3 is 2.06 bits per heavy atom. The summed E-state index contributed by atoms with van der Waals surface area (Å²) < 4.78 is 7.15. The molecule has 2 aliphatic rings. The second kappa shape index (κ2) is 9.43. The molecule has 2 aliphatic heterocycles. The minimum atomic E-state index is -0.484. The fraction of sp³-hybridized carbons (Fsp3) is 0.286. The van der Waals surface area contributed by atoms with E-state index in [1.807, 2.05) is 93.3 Å². The van der Waals surface area contributed by atoms with Crippen molar-refractivity contribution in [2.75, 3.05) is 17.3 Å². The van der Waals surface area contributed by atoms with E-state index < -0.39 is 10.8 Å². The molecule has 0 unspecified atom stereocenters. The molecule has 0 saturated heterocycles. The quantitative estimate of drug-likeness (QED) is 0.354. The van der Waals surface area contributed by atoms with E-state index in [0.29, 0.717) is 6.54 Å². The molecule has 7 heteroatoms. The van der Waals surface area contributed by atoms with Crippen LogP contribution in [0.25, 0.3) is 0 Å². The van der Waals surface area contributed by atoms with Crippen molar-refractivity contribution in [1.82, 2.24) is 0 Å². The molecular weight excluding hydrogens is 572 g/mol. The first kappa shape index (κ1) is 25.5. The molecule has 0 aromatic heterocycles. The monoisotopic (exact) mass is 598 g/mol. The molecule has 5 nitrogen and oxygen atoms in total. The number of nitrogens with one attached hydrogen (secondary N) is 1. The number of carbonyl (C=O) groups excluding carboxylic acids is 2. The van der Waals surface area contributed by atoms with Gasteiger partial charge in [0.05, 0.1) is 24.5 Å². The summed E-state index contributed by atoms with van der Waals surface area (Å²) in [5.74, 6) is 1.02. The number of methoxy groups -OCH3 is 1. The van der Waals surface area contributed by atoms with E-state index in [0.717, 1.165) is 42.8 Å². The van der Waals surface area contributed by atoms with Crippen LogP contribution in [0.5, 0.6) is 5.75 Å². The largest absolute Gasteiger partial charge is 0.497 e. The average molecular weight is 600 g/mol. The maximum Gasteiger partial charge on any atom is 0.237 e. The number of amides is 2. The van der Waals surface area contributed by atoms with E-state index in [-0.39, 0.29) is 11.8 Å². The molecule has 0 aliphatic carbocycles. The Labute approximate surface area is 223 Å². The van der Waals surface area contributed by atoms with Crippen molar-refractivity contribution >= 4 is 55.0 Å². The van der Waals surface area contributed by atoms with Gasteiger partial charge in [-0.25, -0.2) is 0 Å². The molecule has 3 aromatic carbocycles. The molecular formula is C28H28Br2N2O3. The Kier molecular flexibility index (Phi) is 6.86. The highest BCUT2D eigenvalue weighted by molar-refractivity contribution is 9.10. The summed E-state index contributed by atoms with van der Waals surface area (Å²) in [6, 6.07) is 19.7. The standard InChI is InChI=1S/C18H18BrNO2.C10H10BrNO/c1-18(2)15-9-6-13(19)10-16(15)20(17(18)21)11-12-4-7-14(22-3)8-5-12;1-10(2)7-4-3-6(11)5-8(7)12-9(10)13/h4-10H,11H2,1-3H3;3-5H,1-2H3,(H,12,13).